The van der Waals surface area contributed by atoms with Crippen LogP contribution in [0.15, 0.2) is 36.4 Å². The third-order valence-electron chi connectivity index (χ3n) is 2.71. The fourth-order valence-corrected chi connectivity index (χ4v) is 1.99. The number of fused-ring (bicyclic) bond motifs is 1. The van der Waals surface area contributed by atoms with Gasteiger partial charge in [0.1, 0.15) is 18.2 Å². The van der Waals surface area contributed by atoms with Crippen LogP contribution >= 0.6 is 11.6 Å². The Labute approximate surface area is 115 Å². The Kier molecular flexibility index (Phi) is 3.09. The van der Waals surface area contributed by atoms with Gasteiger partial charge in [-0.1, -0.05) is 17.7 Å². The second-order valence-corrected chi connectivity index (χ2v) is 4.69. The molecular weight excluding hydrogens is 262 g/mol. The largest absolute Gasteiger partial charge is 0.486 e. The van der Waals surface area contributed by atoms with E-state index in [0.717, 1.165) is 22.8 Å². The molecule has 1 aromatic carbocycles. The lowest BCUT2D eigenvalue weighted by Crippen LogP contribution is -1.97. The summed E-state index contributed by atoms with van der Waals surface area (Å²) in [6, 6.07) is 11.2. The number of rotatable bonds is 3. The van der Waals surface area contributed by atoms with Crippen LogP contribution in [-0.4, -0.2) is 15.0 Å². The molecule has 0 amide bonds. The summed E-state index contributed by atoms with van der Waals surface area (Å²) in [6.07, 6.45) is 0. The van der Waals surface area contributed by atoms with E-state index >= 15 is 0 Å². The minimum atomic E-state index is 0.357. The van der Waals surface area contributed by atoms with Gasteiger partial charge in [0.2, 0.25) is 0 Å². The van der Waals surface area contributed by atoms with Crippen molar-refractivity contribution in [3.8, 4) is 5.75 Å². The lowest BCUT2D eigenvalue weighted by Gasteiger charge is -2.03. The summed E-state index contributed by atoms with van der Waals surface area (Å²) < 4.78 is 5.63. The van der Waals surface area contributed by atoms with E-state index in [4.69, 9.17) is 16.3 Å². The molecule has 1 N–H and O–H groups in total. The lowest BCUT2D eigenvalue weighted by atomic mass is 10.3. The summed E-state index contributed by atoms with van der Waals surface area (Å²) >= 11 is 5.89. The lowest BCUT2D eigenvalue weighted by molar-refractivity contribution is 0.297. The Hall–Kier alpha value is -2.07. The number of pyridine rings is 1. The second-order valence-electron chi connectivity index (χ2n) is 4.25. The van der Waals surface area contributed by atoms with Crippen LogP contribution in [0.5, 0.6) is 5.75 Å². The number of imidazole rings is 1. The van der Waals surface area contributed by atoms with E-state index in [1.807, 2.05) is 37.3 Å². The zero-order valence-corrected chi connectivity index (χ0v) is 11.1. The molecular formula is C14H12ClN3O. The monoisotopic (exact) mass is 273 g/mol. The van der Waals surface area contributed by atoms with Crippen LogP contribution in [0.25, 0.3) is 11.2 Å². The second kappa shape index (κ2) is 4.90. The minimum Gasteiger partial charge on any atom is -0.486 e. The molecule has 0 unspecified atom stereocenters. The summed E-state index contributed by atoms with van der Waals surface area (Å²) in [5, 5.41) is 0.652. The number of aromatic amines is 1. The first kappa shape index (κ1) is 12.0. The van der Waals surface area contributed by atoms with E-state index in [0.29, 0.717) is 17.3 Å². The summed E-state index contributed by atoms with van der Waals surface area (Å²) in [6.45, 7) is 2.30. The van der Waals surface area contributed by atoms with Gasteiger partial charge in [0.15, 0.2) is 5.65 Å². The molecule has 0 aliphatic heterocycles. The van der Waals surface area contributed by atoms with Crippen molar-refractivity contribution in [3.63, 3.8) is 0 Å². The van der Waals surface area contributed by atoms with E-state index < -0.39 is 0 Å². The van der Waals surface area contributed by atoms with Crippen molar-refractivity contribution in [2.24, 2.45) is 0 Å². The summed E-state index contributed by atoms with van der Waals surface area (Å²) in [5.74, 6) is 1.46. The van der Waals surface area contributed by atoms with Crippen molar-refractivity contribution in [1.82, 2.24) is 15.0 Å². The predicted octanol–water partition coefficient (Wildman–Crippen LogP) is 3.50. The number of benzene rings is 1. The number of H-pyrrole nitrogens is 1. The maximum Gasteiger partial charge on any atom is 0.178 e. The van der Waals surface area contributed by atoms with Crippen molar-refractivity contribution >= 4 is 22.8 Å². The number of nitrogens with zero attached hydrogens (tertiary/aromatic N) is 2. The molecule has 96 valence electrons. The van der Waals surface area contributed by atoms with Gasteiger partial charge in [-0.25, -0.2) is 9.97 Å². The molecule has 2 aromatic heterocycles. The van der Waals surface area contributed by atoms with Gasteiger partial charge in [-0.3, -0.25) is 0 Å². The Morgan fingerprint density at radius 3 is 2.95 bits per heavy atom. The normalized spacial score (nSPS) is 10.8. The molecule has 0 saturated carbocycles. The highest BCUT2D eigenvalue weighted by Crippen LogP contribution is 2.18. The van der Waals surface area contributed by atoms with Gasteiger partial charge in [-0.2, -0.15) is 0 Å². The maximum atomic E-state index is 5.89. The zero-order chi connectivity index (χ0) is 13.2. The third kappa shape index (κ3) is 2.69. The topological polar surface area (TPSA) is 50.8 Å². The van der Waals surface area contributed by atoms with Crippen LogP contribution in [0, 0.1) is 6.92 Å². The Morgan fingerprint density at radius 2 is 2.11 bits per heavy atom. The van der Waals surface area contributed by atoms with Crippen molar-refractivity contribution in [1.29, 1.82) is 0 Å². The first-order valence-electron chi connectivity index (χ1n) is 5.91. The number of ether oxygens (including phenoxy) is 1. The third-order valence-corrected chi connectivity index (χ3v) is 2.94. The Balaban J connectivity index is 1.78. The quantitative estimate of drug-likeness (QED) is 0.795. The van der Waals surface area contributed by atoms with Crippen molar-refractivity contribution in [3.05, 3.63) is 52.9 Å². The molecule has 0 radical (unpaired) electrons. The molecule has 3 rings (SSSR count). The van der Waals surface area contributed by atoms with Crippen molar-refractivity contribution in [2.75, 3.05) is 0 Å². The van der Waals surface area contributed by atoms with E-state index in [9.17, 15) is 0 Å². The van der Waals surface area contributed by atoms with Gasteiger partial charge < -0.3 is 9.72 Å². The Morgan fingerprint density at radius 1 is 1.21 bits per heavy atom. The smallest absolute Gasteiger partial charge is 0.178 e. The average Bonchev–Trinajstić information content (AvgIpc) is 2.78. The molecule has 0 bridgehead atoms. The van der Waals surface area contributed by atoms with Crippen molar-refractivity contribution in [2.45, 2.75) is 13.5 Å². The number of aryl methyl sites for hydroxylation is 1. The number of hydrogen-bond donors (Lipinski definition) is 1. The molecule has 5 heteroatoms. The first-order chi connectivity index (χ1) is 9.20. The van der Waals surface area contributed by atoms with E-state index in [1.165, 1.54) is 0 Å². The highest BCUT2D eigenvalue weighted by atomic mass is 35.5. The molecule has 0 spiro atoms. The number of hydrogen-bond acceptors (Lipinski definition) is 3. The highest BCUT2D eigenvalue weighted by molar-refractivity contribution is 6.30. The van der Waals surface area contributed by atoms with Crippen LogP contribution in [0.3, 0.4) is 0 Å². The molecule has 0 atom stereocenters. The van der Waals surface area contributed by atoms with Crippen LogP contribution in [-0.2, 0) is 6.61 Å². The molecule has 0 saturated heterocycles. The fraction of sp³-hybridized carbons (Fsp3) is 0.143. The van der Waals surface area contributed by atoms with E-state index in [1.54, 1.807) is 6.07 Å². The number of aromatic nitrogens is 3. The minimum absolute atomic E-state index is 0.357. The highest BCUT2D eigenvalue weighted by Gasteiger charge is 2.05. The van der Waals surface area contributed by atoms with E-state index in [2.05, 4.69) is 15.0 Å². The summed E-state index contributed by atoms with van der Waals surface area (Å²) in [4.78, 5) is 11.9. The fourth-order valence-electron chi connectivity index (χ4n) is 1.81. The van der Waals surface area contributed by atoms with Gasteiger partial charge in [0.25, 0.3) is 0 Å². The van der Waals surface area contributed by atoms with Gasteiger partial charge in [0, 0.05) is 10.7 Å². The van der Waals surface area contributed by atoms with Crippen LogP contribution in [0.2, 0.25) is 5.02 Å². The maximum absolute atomic E-state index is 5.89. The number of halogens is 1. The standard InChI is InChI=1S/C14H12ClN3O/c1-9-5-6-12-14(16-9)18-13(17-12)8-19-11-4-2-3-10(15)7-11/h2-7H,8H2,1H3,(H,16,17,18). The summed E-state index contributed by atoms with van der Waals surface area (Å²) in [7, 11) is 0. The van der Waals surface area contributed by atoms with Gasteiger partial charge >= 0.3 is 0 Å². The SMILES string of the molecule is Cc1ccc2[nH]c(COc3cccc(Cl)c3)nc2n1. The number of nitrogens with one attached hydrogen (secondary N) is 1. The molecule has 0 aliphatic rings. The zero-order valence-electron chi connectivity index (χ0n) is 10.4. The predicted molar refractivity (Wildman–Crippen MR) is 74.4 cm³/mol. The molecule has 0 aliphatic carbocycles. The molecule has 2 heterocycles. The van der Waals surface area contributed by atoms with Crippen LogP contribution < -0.4 is 4.74 Å². The summed E-state index contributed by atoms with van der Waals surface area (Å²) in [5.41, 5.74) is 2.57. The molecule has 19 heavy (non-hydrogen) atoms. The van der Waals surface area contributed by atoms with Crippen LogP contribution in [0.4, 0.5) is 0 Å². The Bertz CT molecular complexity index is 724. The molecule has 0 fully saturated rings. The van der Waals surface area contributed by atoms with Gasteiger partial charge in [0.05, 0.1) is 5.52 Å². The molecule has 4 nitrogen and oxygen atoms in total. The van der Waals surface area contributed by atoms with Crippen LogP contribution in [0.1, 0.15) is 11.5 Å². The average molecular weight is 274 g/mol. The van der Waals surface area contributed by atoms with Gasteiger partial charge in [-0.15, -0.1) is 0 Å². The molecule has 3 aromatic rings. The van der Waals surface area contributed by atoms with E-state index in [-0.39, 0.29) is 0 Å². The van der Waals surface area contributed by atoms with Gasteiger partial charge in [-0.05, 0) is 37.3 Å². The first-order valence-corrected chi connectivity index (χ1v) is 6.29. The van der Waals surface area contributed by atoms with Crippen molar-refractivity contribution < 1.29 is 4.74 Å².